The molecule has 8 heteroatoms. The van der Waals surface area contributed by atoms with Gasteiger partial charge in [-0.15, -0.1) is 17.9 Å². The van der Waals surface area contributed by atoms with Crippen molar-refractivity contribution in [2.75, 3.05) is 13.1 Å². The van der Waals surface area contributed by atoms with Gasteiger partial charge in [0.15, 0.2) is 0 Å². The van der Waals surface area contributed by atoms with E-state index in [9.17, 15) is 13.2 Å². The van der Waals surface area contributed by atoms with Crippen molar-refractivity contribution in [3.05, 3.63) is 63.8 Å². The Kier molecular flexibility index (Phi) is 6.78. The number of sulfonamides is 1. The van der Waals surface area contributed by atoms with Crippen LogP contribution < -0.4 is 4.72 Å². The lowest BCUT2D eigenvalue weighted by Gasteiger charge is -2.20. The van der Waals surface area contributed by atoms with Crippen molar-refractivity contribution in [2.24, 2.45) is 0 Å². The van der Waals surface area contributed by atoms with Gasteiger partial charge in [0.1, 0.15) is 0 Å². The number of nitrogens with one attached hydrogen (secondary N) is 1. The highest BCUT2D eigenvalue weighted by Gasteiger charge is 2.19. The number of carbonyl (C=O) groups is 1. The van der Waals surface area contributed by atoms with Crippen LogP contribution in [-0.4, -0.2) is 32.3 Å². The lowest BCUT2D eigenvalue weighted by Crippen LogP contribution is -2.30. The second-order valence-corrected chi connectivity index (χ2v) is 8.76. The molecule has 0 fully saturated rings. The fourth-order valence-corrected chi connectivity index (χ4v) is 4.33. The van der Waals surface area contributed by atoms with Crippen LogP contribution >= 0.6 is 22.9 Å². The van der Waals surface area contributed by atoms with E-state index in [1.54, 1.807) is 23.1 Å². The van der Waals surface area contributed by atoms with Crippen molar-refractivity contribution in [1.29, 1.82) is 0 Å². The third-order valence-electron chi connectivity index (χ3n) is 3.45. The van der Waals surface area contributed by atoms with Crippen molar-refractivity contribution in [2.45, 2.75) is 18.4 Å². The average Bonchev–Trinajstić information content (AvgIpc) is 3.02. The van der Waals surface area contributed by atoms with E-state index in [1.807, 2.05) is 13.0 Å². The minimum absolute atomic E-state index is 0.0513. The van der Waals surface area contributed by atoms with Gasteiger partial charge in [0.2, 0.25) is 10.0 Å². The zero-order chi connectivity index (χ0) is 18.4. The quantitative estimate of drug-likeness (QED) is 0.692. The van der Waals surface area contributed by atoms with Crippen LogP contribution in [0.15, 0.2) is 53.9 Å². The second kappa shape index (κ2) is 8.62. The maximum absolute atomic E-state index is 12.7. The first kappa shape index (κ1) is 19.7. The molecular weight excluding hydrogens is 380 g/mol. The third-order valence-corrected chi connectivity index (χ3v) is 6.09. The number of hydrogen-bond acceptors (Lipinski definition) is 4. The van der Waals surface area contributed by atoms with E-state index in [4.69, 9.17) is 11.6 Å². The van der Waals surface area contributed by atoms with Gasteiger partial charge in [-0.25, -0.2) is 13.1 Å². The zero-order valence-corrected chi connectivity index (χ0v) is 16.1. The van der Waals surface area contributed by atoms with Crippen molar-refractivity contribution in [1.82, 2.24) is 9.62 Å². The van der Waals surface area contributed by atoms with Crippen molar-refractivity contribution in [3.63, 3.8) is 0 Å². The minimum Gasteiger partial charge on any atom is -0.334 e. The van der Waals surface area contributed by atoms with E-state index in [0.29, 0.717) is 23.0 Å². The van der Waals surface area contributed by atoms with Crippen molar-refractivity contribution < 1.29 is 13.2 Å². The van der Waals surface area contributed by atoms with Crippen LogP contribution in [0, 0.1) is 0 Å². The SMILES string of the molecule is C=CCNS(=O)(=O)c1cccc(C(=O)N(CC)Cc2ccc(Cl)s2)c1. The minimum atomic E-state index is -3.67. The molecule has 0 radical (unpaired) electrons. The first-order valence-electron chi connectivity index (χ1n) is 7.61. The summed E-state index contributed by atoms with van der Waals surface area (Å²) in [5, 5.41) is 0. The molecule has 1 aromatic carbocycles. The molecule has 25 heavy (non-hydrogen) atoms. The summed E-state index contributed by atoms with van der Waals surface area (Å²) in [5.41, 5.74) is 0.325. The Bertz CT molecular complexity index is 862. The molecule has 5 nitrogen and oxygen atoms in total. The molecule has 1 aromatic heterocycles. The normalized spacial score (nSPS) is 11.3. The average molecular weight is 399 g/mol. The molecule has 2 aromatic rings. The molecule has 0 spiro atoms. The van der Waals surface area contributed by atoms with Crippen LogP contribution in [-0.2, 0) is 16.6 Å². The predicted octanol–water partition coefficient (Wildman–Crippen LogP) is 3.53. The number of hydrogen-bond donors (Lipinski definition) is 1. The van der Waals surface area contributed by atoms with Gasteiger partial charge in [-0.2, -0.15) is 0 Å². The van der Waals surface area contributed by atoms with Gasteiger partial charge >= 0.3 is 0 Å². The Morgan fingerprint density at radius 1 is 1.36 bits per heavy atom. The summed E-state index contributed by atoms with van der Waals surface area (Å²) in [7, 11) is -3.67. The van der Waals surface area contributed by atoms with Crippen LogP contribution in [0.1, 0.15) is 22.2 Å². The Labute approximate surface area is 157 Å². The molecule has 0 bridgehead atoms. The first-order chi connectivity index (χ1) is 11.9. The maximum Gasteiger partial charge on any atom is 0.254 e. The summed E-state index contributed by atoms with van der Waals surface area (Å²) in [5.74, 6) is -0.229. The van der Waals surface area contributed by atoms with E-state index in [2.05, 4.69) is 11.3 Å². The summed E-state index contributed by atoms with van der Waals surface area (Å²) >= 11 is 7.35. The predicted molar refractivity (Wildman–Crippen MR) is 102 cm³/mol. The number of carbonyl (C=O) groups excluding carboxylic acids is 1. The fourth-order valence-electron chi connectivity index (χ4n) is 2.18. The summed E-state index contributed by atoms with van der Waals surface area (Å²) in [6, 6.07) is 9.68. The highest BCUT2D eigenvalue weighted by Crippen LogP contribution is 2.23. The van der Waals surface area contributed by atoms with Gasteiger partial charge in [0.05, 0.1) is 15.8 Å². The number of nitrogens with zero attached hydrogens (tertiary/aromatic N) is 1. The van der Waals surface area contributed by atoms with E-state index >= 15 is 0 Å². The summed E-state index contributed by atoms with van der Waals surface area (Å²) in [6.45, 7) is 6.41. The summed E-state index contributed by atoms with van der Waals surface area (Å²) in [6.07, 6.45) is 1.46. The van der Waals surface area contributed by atoms with Gasteiger partial charge in [-0.05, 0) is 37.3 Å². The molecule has 0 aliphatic heterocycles. The number of rotatable bonds is 8. The molecule has 0 saturated carbocycles. The Hall–Kier alpha value is -1.67. The highest BCUT2D eigenvalue weighted by atomic mass is 35.5. The van der Waals surface area contributed by atoms with Gasteiger partial charge in [0, 0.05) is 23.5 Å². The third kappa shape index (κ3) is 5.15. The fraction of sp³-hybridized carbons (Fsp3) is 0.235. The number of thiophene rings is 1. The maximum atomic E-state index is 12.7. The number of amides is 1. The smallest absolute Gasteiger partial charge is 0.254 e. The van der Waals surface area contributed by atoms with Crippen LogP contribution in [0.3, 0.4) is 0 Å². The largest absolute Gasteiger partial charge is 0.334 e. The van der Waals surface area contributed by atoms with Crippen molar-refractivity contribution >= 4 is 38.9 Å². The molecule has 1 amide bonds. The monoisotopic (exact) mass is 398 g/mol. The molecule has 0 aliphatic carbocycles. The van der Waals surface area contributed by atoms with E-state index in [-0.39, 0.29) is 17.3 Å². The summed E-state index contributed by atoms with van der Waals surface area (Å²) < 4.78 is 27.5. The molecular formula is C17H19ClN2O3S2. The Balaban J connectivity index is 2.23. The zero-order valence-electron chi connectivity index (χ0n) is 13.7. The molecule has 0 saturated heterocycles. The molecule has 0 unspecified atom stereocenters. The molecule has 134 valence electrons. The summed E-state index contributed by atoms with van der Waals surface area (Å²) in [4.78, 5) is 15.4. The Morgan fingerprint density at radius 2 is 2.12 bits per heavy atom. The molecule has 0 atom stereocenters. The van der Waals surface area contributed by atoms with Crippen LogP contribution in [0.25, 0.3) is 0 Å². The molecule has 1 N–H and O–H groups in total. The van der Waals surface area contributed by atoms with E-state index in [1.165, 1.54) is 29.5 Å². The van der Waals surface area contributed by atoms with Crippen LogP contribution in [0.4, 0.5) is 0 Å². The van der Waals surface area contributed by atoms with Crippen molar-refractivity contribution in [3.8, 4) is 0 Å². The van der Waals surface area contributed by atoms with Gasteiger partial charge in [0.25, 0.3) is 5.91 Å². The van der Waals surface area contributed by atoms with Crippen LogP contribution in [0.5, 0.6) is 0 Å². The van der Waals surface area contributed by atoms with Gasteiger partial charge in [-0.1, -0.05) is 23.7 Å². The highest BCUT2D eigenvalue weighted by molar-refractivity contribution is 7.89. The van der Waals surface area contributed by atoms with E-state index in [0.717, 1.165) is 4.88 Å². The van der Waals surface area contributed by atoms with Gasteiger partial charge < -0.3 is 4.90 Å². The van der Waals surface area contributed by atoms with Crippen LogP contribution in [0.2, 0.25) is 4.34 Å². The standard InChI is InChI=1S/C17H19ClN2O3S2/c1-3-10-19-25(22,23)15-7-5-6-13(11-15)17(21)20(4-2)12-14-8-9-16(18)24-14/h3,5-9,11,19H,1,4,10,12H2,2H3. The topological polar surface area (TPSA) is 66.5 Å². The van der Waals surface area contributed by atoms with E-state index < -0.39 is 10.0 Å². The second-order valence-electron chi connectivity index (χ2n) is 5.19. The lowest BCUT2D eigenvalue weighted by molar-refractivity contribution is 0.0754. The van der Waals surface area contributed by atoms with Gasteiger partial charge in [-0.3, -0.25) is 4.79 Å². The Morgan fingerprint density at radius 3 is 2.72 bits per heavy atom. The molecule has 1 heterocycles. The first-order valence-corrected chi connectivity index (χ1v) is 10.3. The molecule has 2 rings (SSSR count). The number of benzene rings is 1. The molecule has 0 aliphatic rings. The lowest BCUT2D eigenvalue weighted by atomic mass is 10.2. The number of halogens is 1.